The highest BCUT2D eigenvalue weighted by atomic mass is 35.5. The summed E-state index contributed by atoms with van der Waals surface area (Å²) in [5.41, 5.74) is 4.31. The molecule has 0 atom stereocenters. The van der Waals surface area contributed by atoms with Crippen LogP contribution in [0.15, 0.2) is 77.2 Å². The van der Waals surface area contributed by atoms with Gasteiger partial charge in [0.25, 0.3) is 5.91 Å². The van der Waals surface area contributed by atoms with Gasteiger partial charge < -0.3 is 9.73 Å². The minimum atomic E-state index is -0.336. The largest absolute Gasteiger partial charge is 0.451 e. The van der Waals surface area contributed by atoms with Crippen LogP contribution in [0.3, 0.4) is 0 Å². The molecule has 0 aliphatic carbocycles. The van der Waals surface area contributed by atoms with E-state index in [1.54, 1.807) is 41.7 Å². The van der Waals surface area contributed by atoms with E-state index in [4.69, 9.17) is 32.6 Å². The number of aryl methyl sites for hydroxylation is 1. The van der Waals surface area contributed by atoms with Crippen molar-refractivity contribution in [3.8, 4) is 21.9 Å². The fourth-order valence-corrected chi connectivity index (χ4v) is 4.87. The zero-order valence-corrected chi connectivity index (χ0v) is 19.2. The fraction of sp³-hybridized carbons (Fsp3) is 0.0400. The van der Waals surface area contributed by atoms with Crippen molar-refractivity contribution < 1.29 is 9.21 Å². The van der Waals surface area contributed by atoms with Gasteiger partial charge in [-0.3, -0.25) is 4.79 Å². The number of hydrogen-bond donors (Lipinski definition) is 1. The highest BCUT2D eigenvalue weighted by Gasteiger charge is 2.16. The number of benzene rings is 3. The smallest absolute Gasteiger partial charge is 0.291 e. The van der Waals surface area contributed by atoms with Gasteiger partial charge in [-0.25, -0.2) is 4.98 Å². The number of carbonyl (C=O) groups excluding carboxylic acids is 1. The molecule has 0 bridgehead atoms. The molecular weight excluding hydrogens is 463 g/mol. The maximum Gasteiger partial charge on any atom is 0.291 e. The number of thiazole rings is 1. The predicted octanol–water partition coefficient (Wildman–Crippen LogP) is 8.09. The number of furan rings is 1. The molecule has 4 nitrogen and oxygen atoms in total. The second kappa shape index (κ2) is 8.43. The van der Waals surface area contributed by atoms with Gasteiger partial charge in [-0.15, -0.1) is 11.3 Å². The van der Waals surface area contributed by atoms with E-state index < -0.39 is 0 Å². The number of nitrogens with one attached hydrogen (secondary N) is 1. The van der Waals surface area contributed by atoms with Crippen LogP contribution in [0, 0.1) is 6.92 Å². The third-order valence-corrected chi connectivity index (χ3v) is 6.68. The first-order chi connectivity index (χ1) is 15.5. The highest BCUT2D eigenvalue weighted by Crippen LogP contribution is 2.33. The molecule has 0 aliphatic rings. The van der Waals surface area contributed by atoms with Crippen molar-refractivity contribution in [1.29, 1.82) is 0 Å². The van der Waals surface area contributed by atoms with Crippen molar-refractivity contribution in [1.82, 2.24) is 4.98 Å². The van der Waals surface area contributed by atoms with Crippen LogP contribution in [0.25, 0.3) is 32.1 Å². The maximum absolute atomic E-state index is 12.8. The van der Waals surface area contributed by atoms with Crippen LogP contribution in [0.1, 0.15) is 16.1 Å². The van der Waals surface area contributed by atoms with Gasteiger partial charge in [0.1, 0.15) is 10.8 Å². The number of amides is 1. The minimum absolute atomic E-state index is 0.195. The zero-order chi connectivity index (χ0) is 22.2. The predicted molar refractivity (Wildman–Crippen MR) is 132 cm³/mol. The van der Waals surface area contributed by atoms with Crippen molar-refractivity contribution in [2.45, 2.75) is 6.92 Å². The molecule has 5 aromatic rings. The first-order valence-electron chi connectivity index (χ1n) is 9.81. The monoisotopic (exact) mass is 478 g/mol. The molecule has 0 saturated heterocycles. The van der Waals surface area contributed by atoms with Gasteiger partial charge >= 0.3 is 0 Å². The Morgan fingerprint density at radius 1 is 1.00 bits per heavy atom. The van der Waals surface area contributed by atoms with Crippen LogP contribution < -0.4 is 5.32 Å². The van der Waals surface area contributed by atoms with Gasteiger partial charge in [0, 0.05) is 21.8 Å². The Bertz CT molecular complexity index is 1440. The zero-order valence-electron chi connectivity index (χ0n) is 16.9. The Morgan fingerprint density at radius 3 is 2.62 bits per heavy atom. The molecular formula is C25H16Cl2N2O2S. The van der Waals surface area contributed by atoms with Gasteiger partial charge in [-0.2, -0.15) is 0 Å². The number of hydrogen-bond acceptors (Lipinski definition) is 4. The summed E-state index contributed by atoms with van der Waals surface area (Å²) in [7, 11) is 0. The third-order valence-electron chi connectivity index (χ3n) is 5.04. The van der Waals surface area contributed by atoms with Gasteiger partial charge in [-0.05, 0) is 73.2 Å². The summed E-state index contributed by atoms with van der Waals surface area (Å²) in [6, 6.07) is 22.4. The lowest BCUT2D eigenvalue weighted by atomic mass is 10.1. The summed E-state index contributed by atoms with van der Waals surface area (Å²) in [5.74, 6) is 0.359. The summed E-state index contributed by atoms with van der Waals surface area (Å²) in [5, 5.41) is 4.86. The Labute approximate surface area is 198 Å². The Hall–Kier alpha value is -3.12. The number of carbonyl (C=O) groups is 1. The summed E-state index contributed by atoms with van der Waals surface area (Å²) in [6.45, 7) is 1.95. The molecule has 0 fully saturated rings. The lowest BCUT2D eigenvalue weighted by Crippen LogP contribution is -2.11. The van der Waals surface area contributed by atoms with Gasteiger partial charge in [-0.1, -0.05) is 35.3 Å². The second-order valence-electron chi connectivity index (χ2n) is 7.26. The number of fused-ring (bicyclic) bond motifs is 1. The first kappa shape index (κ1) is 20.8. The summed E-state index contributed by atoms with van der Waals surface area (Å²) < 4.78 is 6.89. The molecule has 1 amide bonds. The summed E-state index contributed by atoms with van der Waals surface area (Å²) in [6.07, 6.45) is 0. The molecule has 2 heterocycles. The number of anilines is 1. The van der Waals surface area contributed by atoms with E-state index in [2.05, 4.69) is 11.4 Å². The molecule has 0 unspecified atom stereocenters. The molecule has 2 aromatic heterocycles. The van der Waals surface area contributed by atoms with Gasteiger partial charge in [0.05, 0.1) is 15.2 Å². The number of rotatable bonds is 4. The van der Waals surface area contributed by atoms with E-state index in [0.717, 1.165) is 26.4 Å². The van der Waals surface area contributed by atoms with Crippen LogP contribution >= 0.6 is 34.5 Å². The lowest BCUT2D eigenvalue weighted by Gasteiger charge is -2.08. The number of nitrogens with zero attached hydrogens (tertiary/aromatic N) is 1. The molecule has 158 valence electrons. The highest BCUT2D eigenvalue weighted by molar-refractivity contribution is 7.21. The Kier molecular flexibility index (Phi) is 5.47. The average molecular weight is 479 g/mol. The topological polar surface area (TPSA) is 55.1 Å². The molecule has 5 rings (SSSR count). The lowest BCUT2D eigenvalue weighted by molar-refractivity contribution is 0.0997. The molecule has 0 radical (unpaired) electrons. The van der Waals surface area contributed by atoms with Crippen molar-refractivity contribution in [3.05, 3.63) is 94.2 Å². The normalized spacial score (nSPS) is 11.1. The van der Waals surface area contributed by atoms with E-state index in [1.165, 1.54) is 0 Å². The quantitative estimate of drug-likeness (QED) is 0.283. The first-order valence-corrected chi connectivity index (χ1v) is 11.4. The van der Waals surface area contributed by atoms with Crippen LogP contribution in [0.5, 0.6) is 0 Å². The maximum atomic E-state index is 12.8. The standard InChI is InChI=1S/C25H16Cl2N2O2S/c1-14-12-15(25-29-20-4-2-3-5-23(20)32-25)6-9-19(14)28-24(30)22-11-10-21(31-22)17-8-7-16(26)13-18(17)27/h2-13H,1H3,(H,28,30). The van der Waals surface area contributed by atoms with Crippen molar-refractivity contribution in [2.24, 2.45) is 0 Å². The Morgan fingerprint density at radius 2 is 1.84 bits per heavy atom. The number of halogens is 2. The number of aromatic nitrogens is 1. The van der Waals surface area contributed by atoms with E-state index in [-0.39, 0.29) is 11.7 Å². The second-order valence-corrected chi connectivity index (χ2v) is 9.13. The Balaban J connectivity index is 1.36. The molecule has 0 aliphatic heterocycles. The third kappa shape index (κ3) is 4.02. The van der Waals surface area contributed by atoms with Crippen LogP contribution in [0.2, 0.25) is 10.0 Å². The van der Waals surface area contributed by atoms with E-state index >= 15 is 0 Å². The summed E-state index contributed by atoms with van der Waals surface area (Å²) >= 11 is 13.8. The van der Waals surface area contributed by atoms with E-state index in [0.29, 0.717) is 27.1 Å². The van der Waals surface area contributed by atoms with Crippen LogP contribution in [-0.4, -0.2) is 10.9 Å². The van der Waals surface area contributed by atoms with Crippen molar-refractivity contribution in [3.63, 3.8) is 0 Å². The van der Waals surface area contributed by atoms with Gasteiger partial charge in [0.2, 0.25) is 0 Å². The van der Waals surface area contributed by atoms with Gasteiger partial charge in [0.15, 0.2) is 5.76 Å². The minimum Gasteiger partial charge on any atom is -0.451 e. The number of para-hydroxylation sites is 1. The fourth-order valence-electron chi connectivity index (χ4n) is 3.41. The molecule has 7 heteroatoms. The van der Waals surface area contributed by atoms with E-state index in [9.17, 15) is 4.79 Å². The molecule has 0 spiro atoms. The molecule has 32 heavy (non-hydrogen) atoms. The van der Waals surface area contributed by atoms with Crippen LogP contribution in [-0.2, 0) is 0 Å². The SMILES string of the molecule is Cc1cc(-c2nc3ccccc3s2)ccc1NC(=O)c1ccc(-c2ccc(Cl)cc2Cl)o1. The van der Waals surface area contributed by atoms with Crippen molar-refractivity contribution >= 4 is 56.3 Å². The average Bonchev–Trinajstić information content (AvgIpc) is 3.42. The molecule has 1 N–H and O–H groups in total. The van der Waals surface area contributed by atoms with Crippen molar-refractivity contribution in [2.75, 3.05) is 5.32 Å². The van der Waals surface area contributed by atoms with Crippen LogP contribution in [0.4, 0.5) is 5.69 Å². The summed E-state index contributed by atoms with van der Waals surface area (Å²) in [4.78, 5) is 17.5. The molecule has 3 aromatic carbocycles. The molecule has 0 saturated carbocycles. The van der Waals surface area contributed by atoms with E-state index in [1.807, 2.05) is 43.3 Å².